The first kappa shape index (κ1) is 30.8. The average Bonchev–Trinajstić information content (AvgIpc) is 2.97. The molecular formula is C32H45Cl2N4O2+. The fourth-order valence-corrected chi connectivity index (χ4v) is 7.31. The maximum atomic E-state index is 14.0. The lowest BCUT2D eigenvalue weighted by molar-refractivity contribution is -0.972. The first-order valence-electron chi connectivity index (χ1n) is 14.7. The SMILES string of the molecule is CN(C)C(=O)C1([N+]2(CCC(CN(C)C(=O)Cc3ccccc3)c3ccc(Cl)c(Cl)c3)CCCCC2)CCNCC1. The maximum Gasteiger partial charge on any atom is 0.283 e. The normalized spacial score (nSPS) is 19.0. The lowest BCUT2D eigenvalue weighted by atomic mass is 9.79. The van der Waals surface area contributed by atoms with E-state index < -0.39 is 5.54 Å². The first-order chi connectivity index (χ1) is 19.2. The fourth-order valence-electron chi connectivity index (χ4n) is 7.00. The third-order valence-electron chi connectivity index (χ3n) is 9.25. The van der Waals surface area contributed by atoms with Gasteiger partial charge in [0.25, 0.3) is 5.91 Å². The number of quaternary nitrogens is 1. The van der Waals surface area contributed by atoms with Crippen molar-refractivity contribution in [3.05, 3.63) is 69.7 Å². The Labute approximate surface area is 250 Å². The highest BCUT2D eigenvalue weighted by Gasteiger charge is 2.57. The van der Waals surface area contributed by atoms with Gasteiger partial charge in [0, 0.05) is 66.0 Å². The standard InChI is InChI=1S/C32H45Cl2N4O2/c1-36(2)31(40)32(15-17-35-18-16-32)38(19-8-5-9-20-38)21-14-27(26-12-13-28(33)29(34)23-26)24-37(3)30(39)22-25-10-6-4-7-11-25/h4,6-7,10-13,23,27,35H,5,8-9,14-22,24H2,1-3H3/q+1. The predicted molar refractivity (Wildman–Crippen MR) is 164 cm³/mol. The molecule has 2 fully saturated rings. The summed E-state index contributed by atoms with van der Waals surface area (Å²) in [7, 11) is 5.70. The van der Waals surface area contributed by atoms with Crippen LogP contribution in [0.15, 0.2) is 48.5 Å². The van der Waals surface area contributed by atoms with Crippen molar-refractivity contribution in [2.24, 2.45) is 0 Å². The number of rotatable bonds is 10. The Hall–Kier alpha value is -2.12. The zero-order chi connectivity index (χ0) is 28.8. The van der Waals surface area contributed by atoms with Crippen molar-refractivity contribution >= 4 is 35.0 Å². The van der Waals surface area contributed by atoms with E-state index in [9.17, 15) is 9.59 Å². The van der Waals surface area contributed by atoms with Gasteiger partial charge in [0.15, 0.2) is 5.54 Å². The maximum absolute atomic E-state index is 14.0. The van der Waals surface area contributed by atoms with Crippen LogP contribution in [0.25, 0.3) is 0 Å². The second-order valence-electron chi connectivity index (χ2n) is 12.0. The number of carbonyl (C=O) groups is 2. The van der Waals surface area contributed by atoms with Crippen LogP contribution in [0, 0.1) is 0 Å². The van der Waals surface area contributed by atoms with Crippen LogP contribution in [0.5, 0.6) is 0 Å². The van der Waals surface area contributed by atoms with E-state index in [1.54, 1.807) is 0 Å². The molecule has 2 amide bonds. The van der Waals surface area contributed by atoms with E-state index in [0.717, 1.165) is 80.4 Å². The van der Waals surface area contributed by atoms with E-state index in [2.05, 4.69) is 5.32 Å². The molecule has 2 aromatic rings. The van der Waals surface area contributed by atoms with E-state index in [4.69, 9.17) is 23.2 Å². The number of benzene rings is 2. The summed E-state index contributed by atoms with van der Waals surface area (Å²) in [6.07, 6.45) is 6.45. The number of carbonyl (C=O) groups excluding carboxylic acids is 2. The second kappa shape index (κ2) is 13.7. The van der Waals surface area contributed by atoms with Crippen molar-refractivity contribution < 1.29 is 14.1 Å². The molecule has 0 radical (unpaired) electrons. The number of halogens is 2. The number of piperidine rings is 2. The van der Waals surface area contributed by atoms with Crippen LogP contribution in [0.4, 0.5) is 0 Å². The minimum absolute atomic E-state index is 0.0737. The molecule has 2 saturated heterocycles. The molecule has 1 N–H and O–H groups in total. The summed E-state index contributed by atoms with van der Waals surface area (Å²) in [6.45, 7) is 5.26. The summed E-state index contributed by atoms with van der Waals surface area (Å²) in [4.78, 5) is 30.9. The Morgan fingerprint density at radius 2 is 1.62 bits per heavy atom. The van der Waals surface area contributed by atoms with Crippen LogP contribution in [-0.2, 0) is 16.0 Å². The second-order valence-corrected chi connectivity index (χ2v) is 12.8. The number of hydrogen-bond acceptors (Lipinski definition) is 3. The van der Waals surface area contributed by atoms with Crippen LogP contribution in [0.1, 0.15) is 55.6 Å². The zero-order valence-electron chi connectivity index (χ0n) is 24.3. The molecule has 0 spiro atoms. The van der Waals surface area contributed by atoms with Gasteiger partial charge in [-0.15, -0.1) is 0 Å². The quantitative estimate of drug-likeness (QED) is 0.380. The molecule has 1 unspecified atom stereocenters. The van der Waals surface area contributed by atoms with Crippen LogP contribution in [0.3, 0.4) is 0 Å². The molecule has 0 saturated carbocycles. The molecule has 2 heterocycles. The number of amides is 2. The Morgan fingerprint density at radius 3 is 2.25 bits per heavy atom. The molecule has 2 aromatic carbocycles. The van der Waals surface area contributed by atoms with Gasteiger partial charge in [-0.25, -0.2) is 0 Å². The number of nitrogens with zero attached hydrogens (tertiary/aromatic N) is 3. The Bertz CT molecular complexity index is 1140. The minimum Gasteiger partial charge on any atom is -0.345 e. The number of likely N-dealkylation sites (N-methyl/N-ethyl adjacent to an activating group) is 2. The summed E-state index contributed by atoms with van der Waals surface area (Å²) in [5.74, 6) is 0.428. The van der Waals surface area contributed by atoms with Crippen molar-refractivity contribution in [3.8, 4) is 0 Å². The molecule has 0 aromatic heterocycles. The van der Waals surface area contributed by atoms with Gasteiger partial charge in [0.1, 0.15) is 0 Å². The molecular weight excluding hydrogens is 543 g/mol. The monoisotopic (exact) mass is 587 g/mol. The molecule has 1 atom stereocenters. The first-order valence-corrected chi connectivity index (χ1v) is 15.4. The predicted octanol–water partition coefficient (Wildman–Crippen LogP) is 5.38. The highest BCUT2D eigenvalue weighted by atomic mass is 35.5. The third-order valence-corrected chi connectivity index (χ3v) is 9.99. The fraction of sp³-hybridized carbons (Fsp3) is 0.562. The molecule has 40 heavy (non-hydrogen) atoms. The molecule has 6 nitrogen and oxygen atoms in total. The van der Waals surface area contributed by atoms with Gasteiger partial charge in [0.2, 0.25) is 5.91 Å². The smallest absolute Gasteiger partial charge is 0.283 e. The highest BCUT2D eigenvalue weighted by Crippen LogP contribution is 2.40. The number of nitrogens with one attached hydrogen (secondary N) is 1. The summed E-state index contributed by atoms with van der Waals surface area (Å²) in [5, 5.41) is 4.56. The Kier molecular flexibility index (Phi) is 10.6. The molecule has 218 valence electrons. The summed E-state index contributed by atoms with van der Waals surface area (Å²) >= 11 is 12.8. The van der Waals surface area contributed by atoms with Gasteiger partial charge in [-0.3, -0.25) is 9.59 Å². The van der Waals surface area contributed by atoms with Crippen LogP contribution >= 0.6 is 23.2 Å². The van der Waals surface area contributed by atoms with Gasteiger partial charge in [-0.1, -0.05) is 59.6 Å². The van der Waals surface area contributed by atoms with Crippen molar-refractivity contribution in [2.75, 3.05) is 60.4 Å². The minimum atomic E-state index is -0.410. The van der Waals surface area contributed by atoms with Crippen LogP contribution in [0.2, 0.25) is 10.0 Å². The van der Waals surface area contributed by atoms with Gasteiger partial charge in [0.05, 0.1) is 36.1 Å². The van der Waals surface area contributed by atoms with Crippen LogP contribution in [-0.4, -0.2) is 92.0 Å². The van der Waals surface area contributed by atoms with E-state index in [1.807, 2.05) is 79.5 Å². The lowest BCUT2D eigenvalue weighted by Gasteiger charge is -2.56. The third kappa shape index (κ3) is 6.84. The van der Waals surface area contributed by atoms with Crippen molar-refractivity contribution in [1.82, 2.24) is 15.1 Å². The average molecular weight is 589 g/mol. The summed E-state index contributed by atoms with van der Waals surface area (Å²) in [5.41, 5.74) is 1.69. The van der Waals surface area contributed by atoms with Gasteiger partial charge in [-0.05, 0) is 42.5 Å². The largest absolute Gasteiger partial charge is 0.345 e. The zero-order valence-corrected chi connectivity index (χ0v) is 25.8. The number of hydrogen-bond donors (Lipinski definition) is 1. The van der Waals surface area contributed by atoms with Gasteiger partial charge >= 0.3 is 0 Å². The van der Waals surface area contributed by atoms with Crippen molar-refractivity contribution in [1.29, 1.82) is 0 Å². The van der Waals surface area contributed by atoms with Gasteiger partial charge in [-0.2, -0.15) is 0 Å². The van der Waals surface area contributed by atoms with E-state index in [1.165, 1.54) is 6.42 Å². The highest BCUT2D eigenvalue weighted by molar-refractivity contribution is 6.42. The molecule has 2 aliphatic heterocycles. The molecule has 8 heteroatoms. The topological polar surface area (TPSA) is 52.7 Å². The number of likely N-dealkylation sites (tertiary alicyclic amines) is 1. The Balaban J connectivity index is 1.62. The Morgan fingerprint density at radius 1 is 0.950 bits per heavy atom. The van der Waals surface area contributed by atoms with Gasteiger partial charge < -0.3 is 19.6 Å². The lowest BCUT2D eigenvalue weighted by Crippen LogP contribution is -2.74. The van der Waals surface area contributed by atoms with E-state index >= 15 is 0 Å². The molecule has 0 aliphatic carbocycles. The molecule has 0 bridgehead atoms. The van der Waals surface area contributed by atoms with Crippen LogP contribution < -0.4 is 5.32 Å². The van der Waals surface area contributed by atoms with E-state index in [0.29, 0.717) is 23.0 Å². The van der Waals surface area contributed by atoms with Crippen molar-refractivity contribution in [2.45, 2.75) is 56.4 Å². The van der Waals surface area contributed by atoms with E-state index in [-0.39, 0.29) is 17.7 Å². The van der Waals surface area contributed by atoms with Crippen molar-refractivity contribution in [3.63, 3.8) is 0 Å². The summed E-state index contributed by atoms with van der Waals surface area (Å²) < 4.78 is 0.838. The molecule has 2 aliphatic rings. The molecule has 4 rings (SSSR count). The summed E-state index contributed by atoms with van der Waals surface area (Å²) in [6, 6.07) is 15.7.